The van der Waals surface area contributed by atoms with Gasteiger partial charge in [0.2, 0.25) is 0 Å². The maximum atomic E-state index is 14.2. The van der Waals surface area contributed by atoms with Crippen LogP contribution in [-0.2, 0) is 7.05 Å². The molecule has 0 aliphatic rings. The van der Waals surface area contributed by atoms with Crippen molar-refractivity contribution < 1.29 is 13.6 Å². The van der Waals surface area contributed by atoms with E-state index in [1.807, 2.05) is 30.3 Å². The smallest absolute Gasteiger partial charge is 0.255 e. The third-order valence-electron chi connectivity index (χ3n) is 4.67. The molecule has 0 radical (unpaired) electrons. The Morgan fingerprint density at radius 1 is 1.14 bits per heavy atom. The van der Waals surface area contributed by atoms with Gasteiger partial charge in [0, 0.05) is 43.1 Å². The second-order valence-corrected chi connectivity index (χ2v) is 7.26. The van der Waals surface area contributed by atoms with Crippen molar-refractivity contribution in [2.75, 3.05) is 11.9 Å². The van der Waals surface area contributed by atoms with Gasteiger partial charge >= 0.3 is 0 Å². The first-order valence-corrected chi connectivity index (χ1v) is 9.44. The van der Waals surface area contributed by atoms with Crippen molar-refractivity contribution in [1.82, 2.24) is 15.1 Å². The predicted molar refractivity (Wildman–Crippen MR) is 110 cm³/mol. The van der Waals surface area contributed by atoms with Crippen molar-refractivity contribution in [3.8, 4) is 11.3 Å². The van der Waals surface area contributed by atoms with Crippen molar-refractivity contribution in [2.45, 2.75) is 19.9 Å². The van der Waals surface area contributed by atoms with Crippen LogP contribution in [0, 0.1) is 17.6 Å². The maximum absolute atomic E-state index is 14.2. The van der Waals surface area contributed by atoms with E-state index in [1.54, 1.807) is 7.05 Å². The Bertz CT molecular complexity index is 986. The minimum Gasteiger partial charge on any atom is -0.380 e. The van der Waals surface area contributed by atoms with E-state index in [0.717, 1.165) is 17.8 Å². The van der Waals surface area contributed by atoms with Crippen molar-refractivity contribution in [1.29, 1.82) is 0 Å². The number of aryl methyl sites for hydroxylation is 1. The minimum absolute atomic E-state index is 0.00373. The highest BCUT2D eigenvalue weighted by Gasteiger charge is 2.21. The van der Waals surface area contributed by atoms with Crippen LogP contribution in [0.1, 0.15) is 24.2 Å². The van der Waals surface area contributed by atoms with Crippen molar-refractivity contribution >= 4 is 11.6 Å². The fourth-order valence-electron chi connectivity index (χ4n) is 3.03. The fourth-order valence-corrected chi connectivity index (χ4v) is 3.03. The standard InChI is InChI=1S/C22H24F2N4O/c1-14(2)20(26-16-7-5-4-6-8-16)12-25-22(29)18-13-28(3)27-21(18)17-10-9-15(23)11-19(17)24/h4-11,13-14,20,26H,12H2,1-3H3,(H,25,29). The Morgan fingerprint density at radius 3 is 2.52 bits per heavy atom. The average molecular weight is 398 g/mol. The van der Waals surface area contributed by atoms with E-state index in [2.05, 4.69) is 29.6 Å². The summed E-state index contributed by atoms with van der Waals surface area (Å²) in [6, 6.07) is 13.0. The second-order valence-electron chi connectivity index (χ2n) is 7.26. The van der Waals surface area contributed by atoms with Gasteiger partial charge in [0.1, 0.15) is 17.3 Å². The molecular formula is C22H24F2N4O. The number of nitrogens with one attached hydrogen (secondary N) is 2. The van der Waals surface area contributed by atoms with Crippen LogP contribution in [0.4, 0.5) is 14.5 Å². The Morgan fingerprint density at radius 2 is 1.86 bits per heavy atom. The van der Waals surface area contributed by atoms with Crippen molar-refractivity contribution in [3.63, 3.8) is 0 Å². The van der Waals surface area contributed by atoms with E-state index in [4.69, 9.17) is 0 Å². The third-order valence-corrected chi connectivity index (χ3v) is 4.67. The maximum Gasteiger partial charge on any atom is 0.255 e. The van der Waals surface area contributed by atoms with Crippen LogP contribution >= 0.6 is 0 Å². The first-order chi connectivity index (χ1) is 13.8. The zero-order chi connectivity index (χ0) is 21.0. The Labute approximate surface area is 168 Å². The molecule has 0 saturated heterocycles. The summed E-state index contributed by atoms with van der Waals surface area (Å²) in [4.78, 5) is 12.8. The van der Waals surface area contributed by atoms with Gasteiger partial charge in [-0.05, 0) is 30.2 Å². The molecule has 29 heavy (non-hydrogen) atoms. The number of halogens is 2. The summed E-state index contributed by atoms with van der Waals surface area (Å²) in [5.41, 5.74) is 1.47. The number of benzene rings is 2. The number of aromatic nitrogens is 2. The van der Waals surface area contributed by atoms with E-state index < -0.39 is 11.6 Å². The van der Waals surface area contributed by atoms with Gasteiger partial charge in [-0.2, -0.15) is 5.10 Å². The highest BCUT2D eigenvalue weighted by molar-refractivity contribution is 5.99. The second kappa shape index (κ2) is 8.86. The van der Waals surface area contributed by atoms with E-state index >= 15 is 0 Å². The summed E-state index contributed by atoms with van der Waals surface area (Å²) in [6.45, 7) is 4.51. The number of rotatable bonds is 7. The van der Waals surface area contributed by atoms with Gasteiger partial charge in [0.15, 0.2) is 0 Å². The number of carbonyl (C=O) groups is 1. The quantitative estimate of drug-likeness (QED) is 0.626. The summed E-state index contributed by atoms with van der Waals surface area (Å²) < 4.78 is 28.9. The van der Waals surface area contributed by atoms with E-state index in [9.17, 15) is 13.6 Å². The van der Waals surface area contributed by atoms with E-state index in [-0.39, 0.29) is 34.7 Å². The lowest BCUT2D eigenvalue weighted by atomic mass is 10.0. The molecule has 1 atom stereocenters. The van der Waals surface area contributed by atoms with Crippen LogP contribution < -0.4 is 10.6 Å². The molecule has 1 aromatic heterocycles. The molecule has 5 nitrogen and oxygen atoms in total. The molecule has 1 amide bonds. The number of anilines is 1. The highest BCUT2D eigenvalue weighted by atomic mass is 19.1. The summed E-state index contributed by atoms with van der Waals surface area (Å²) in [7, 11) is 1.65. The minimum atomic E-state index is -0.761. The molecular weight excluding hydrogens is 374 g/mol. The van der Waals surface area contributed by atoms with E-state index in [0.29, 0.717) is 6.54 Å². The average Bonchev–Trinajstić information content (AvgIpc) is 3.07. The summed E-state index contributed by atoms with van der Waals surface area (Å²) >= 11 is 0. The lowest BCUT2D eigenvalue weighted by Crippen LogP contribution is -2.39. The van der Waals surface area contributed by atoms with Crippen LogP contribution in [-0.4, -0.2) is 28.3 Å². The summed E-state index contributed by atoms with van der Waals surface area (Å²) in [5.74, 6) is -1.54. The molecule has 3 aromatic rings. The molecule has 0 saturated carbocycles. The van der Waals surface area contributed by atoms with Crippen LogP contribution in [0.25, 0.3) is 11.3 Å². The van der Waals surface area contributed by atoms with Gasteiger partial charge < -0.3 is 10.6 Å². The topological polar surface area (TPSA) is 59.0 Å². The van der Waals surface area contributed by atoms with Crippen LogP contribution in [0.5, 0.6) is 0 Å². The lowest BCUT2D eigenvalue weighted by molar-refractivity contribution is 0.0951. The van der Waals surface area contributed by atoms with Gasteiger partial charge in [-0.3, -0.25) is 9.48 Å². The number of amides is 1. The van der Waals surface area contributed by atoms with Crippen LogP contribution in [0.15, 0.2) is 54.7 Å². The number of hydrogen-bond donors (Lipinski definition) is 2. The lowest BCUT2D eigenvalue weighted by Gasteiger charge is -2.24. The zero-order valence-corrected chi connectivity index (χ0v) is 16.6. The first kappa shape index (κ1) is 20.5. The molecule has 7 heteroatoms. The molecule has 0 bridgehead atoms. The Kier molecular flexibility index (Phi) is 6.26. The molecule has 0 aliphatic carbocycles. The molecule has 2 aromatic carbocycles. The molecule has 2 N–H and O–H groups in total. The molecule has 1 unspecified atom stereocenters. The van der Waals surface area contributed by atoms with Gasteiger partial charge in [0.25, 0.3) is 5.91 Å². The van der Waals surface area contributed by atoms with Gasteiger partial charge in [-0.25, -0.2) is 8.78 Å². The number of nitrogens with zero attached hydrogens (tertiary/aromatic N) is 2. The fraction of sp³-hybridized carbons (Fsp3) is 0.273. The molecule has 152 valence electrons. The summed E-state index contributed by atoms with van der Waals surface area (Å²) in [5, 5.41) is 10.5. The molecule has 0 spiro atoms. The molecule has 0 fully saturated rings. The number of hydrogen-bond acceptors (Lipinski definition) is 3. The largest absolute Gasteiger partial charge is 0.380 e. The summed E-state index contributed by atoms with van der Waals surface area (Å²) in [6.07, 6.45) is 1.53. The van der Waals surface area contributed by atoms with Gasteiger partial charge in [-0.1, -0.05) is 32.0 Å². The molecule has 1 heterocycles. The first-order valence-electron chi connectivity index (χ1n) is 9.44. The Hall–Kier alpha value is -3.22. The van der Waals surface area contributed by atoms with Crippen LogP contribution in [0.2, 0.25) is 0 Å². The molecule has 0 aliphatic heterocycles. The van der Waals surface area contributed by atoms with E-state index in [1.165, 1.54) is 16.9 Å². The SMILES string of the molecule is CC(C)C(CNC(=O)c1cn(C)nc1-c1ccc(F)cc1F)Nc1ccccc1. The Balaban J connectivity index is 1.77. The monoisotopic (exact) mass is 398 g/mol. The number of carbonyl (C=O) groups excluding carboxylic acids is 1. The normalized spacial score (nSPS) is 12.1. The van der Waals surface area contributed by atoms with Crippen LogP contribution in [0.3, 0.4) is 0 Å². The molecule has 3 rings (SSSR count). The third kappa shape index (κ3) is 4.99. The highest BCUT2D eigenvalue weighted by Crippen LogP contribution is 2.25. The van der Waals surface area contributed by atoms with Crippen molar-refractivity contribution in [2.24, 2.45) is 13.0 Å². The predicted octanol–water partition coefficient (Wildman–Crippen LogP) is 4.23. The van der Waals surface area contributed by atoms with Gasteiger partial charge in [-0.15, -0.1) is 0 Å². The zero-order valence-electron chi connectivity index (χ0n) is 16.6. The van der Waals surface area contributed by atoms with Crippen molar-refractivity contribution in [3.05, 3.63) is 71.9 Å². The van der Waals surface area contributed by atoms with Gasteiger partial charge in [0.05, 0.1) is 5.56 Å². The number of para-hydroxylation sites is 1.